The average Bonchev–Trinajstić information content (AvgIpc) is 2.95. The maximum atomic E-state index is 11.1. The number of nitrogens with two attached hydrogens (primary N) is 1. The zero-order valence-electron chi connectivity index (χ0n) is 11.4. The third kappa shape index (κ3) is 3.64. The van der Waals surface area contributed by atoms with E-state index >= 15 is 0 Å². The first kappa shape index (κ1) is 15.8. The number of nitrogens with zero attached hydrogens (tertiary/aromatic N) is 6. The van der Waals surface area contributed by atoms with Crippen LogP contribution in [0, 0.1) is 0 Å². The summed E-state index contributed by atoms with van der Waals surface area (Å²) in [6.07, 6.45) is 1.39. The van der Waals surface area contributed by atoms with Gasteiger partial charge in [-0.25, -0.2) is 0 Å². The fourth-order valence-electron chi connectivity index (χ4n) is 1.77. The van der Waals surface area contributed by atoms with Crippen molar-refractivity contribution in [1.82, 2.24) is 0 Å². The predicted octanol–water partition coefficient (Wildman–Crippen LogP) is -0.485. The molecule has 0 aromatic heterocycles. The summed E-state index contributed by atoms with van der Waals surface area (Å²) < 4.78 is 33.2. The van der Waals surface area contributed by atoms with Gasteiger partial charge in [0.1, 0.15) is 0 Å². The summed E-state index contributed by atoms with van der Waals surface area (Å²) in [6, 6.07) is 5.19. The third-order valence-electron chi connectivity index (χ3n) is 2.81. The standard InChI is InChI=1S/C11H10AsN7O3S/c13-11-16-9-8(14-5-15-9)10(17-11)23-19-18-7-3-1-6(2-4-7)12(20,21)22/h1-5,8H,(H2,20,21,22)(H2,13,14,15,16). The van der Waals surface area contributed by atoms with E-state index in [0.29, 0.717) is 16.6 Å². The summed E-state index contributed by atoms with van der Waals surface area (Å²) in [5, 5.41) is 4.45. The van der Waals surface area contributed by atoms with Crippen LogP contribution in [0.2, 0.25) is 0 Å². The van der Waals surface area contributed by atoms with Crippen molar-refractivity contribution < 1.29 is 11.9 Å². The van der Waals surface area contributed by atoms with Crippen LogP contribution in [-0.4, -0.2) is 51.6 Å². The molecule has 118 valence electrons. The van der Waals surface area contributed by atoms with Gasteiger partial charge in [-0.15, -0.1) is 0 Å². The Morgan fingerprint density at radius 3 is 2.65 bits per heavy atom. The maximum absolute atomic E-state index is 11.1. The molecule has 2 aliphatic rings. The summed E-state index contributed by atoms with van der Waals surface area (Å²) in [5.41, 5.74) is 6.04. The van der Waals surface area contributed by atoms with E-state index in [1.165, 1.54) is 30.6 Å². The van der Waals surface area contributed by atoms with E-state index < -0.39 is 20.2 Å². The number of guanidine groups is 1. The molecule has 1 unspecified atom stereocenters. The molecule has 0 fully saturated rings. The van der Waals surface area contributed by atoms with Gasteiger partial charge >= 0.3 is 137 Å². The van der Waals surface area contributed by atoms with E-state index in [4.69, 9.17) is 13.9 Å². The van der Waals surface area contributed by atoms with Crippen molar-refractivity contribution in [2.24, 2.45) is 35.3 Å². The molecule has 23 heavy (non-hydrogen) atoms. The summed E-state index contributed by atoms with van der Waals surface area (Å²) in [5.74, 6) is 0.541. The molecule has 0 amide bonds. The summed E-state index contributed by atoms with van der Waals surface area (Å²) in [7, 11) is 0. The van der Waals surface area contributed by atoms with Crippen molar-refractivity contribution in [2.45, 2.75) is 6.04 Å². The number of rotatable bonds is 3. The molecule has 3 rings (SSSR count). The van der Waals surface area contributed by atoms with E-state index in [1.807, 2.05) is 0 Å². The molecular formula is C11H10AsN7O3S. The van der Waals surface area contributed by atoms with Gasteiger partial charge in [-0.3, -0.25) is 0 Å². The van der Waals surface area contributed by atoms with Crippen molar-refractivity contribution in [3.63, 3.8) is 0 Å². The second-order valence-corrected chi connectivity index (χ2v) is 8.54. The fraction of sp³-hybridized carbons (Fsp3) is 0.0909. The molecule has 4 N–H and O–H groups in total. The second kappa shape index (κ2) is 6.20. The van der Waals surface area contributed by atoms with Crippen LogP contribution in [0.4, 0.5) is 5.69 Å². The van der Waals surface area contributed by atoms with E-state index in [1.54, 1.807) is 0 Å². The summed E-state index contributed by atoms with van der Waals surface area (Å²) in [4.78, 5) is 16.1. The molecule has 0 bridgehead atoms. The SMILES string of the molecule is NC1=NC2=NC=NC2C(SN=Nc2ccc([As](=O)(O)O)cc2)=N1. The molecular weight excluding hydrogens is 385 g/mol. The van der Waals surface area contributed by atoms with Crippen LogP contribution < -0.4 is 10.1 Å². The molecule has 2 aliphatic heterocycles. The first-order chi connectivity index (χ1) is 10.9. The van der Waals surface area contributed by atoms with Crippen molar-refractivity contribution in [3.05, 3.63) is 24.3 Å². The van der Waals surface area contributed by atoms with Crippen LogP contribution in [-0.2, 0) is 3.74 Å². The average molecular weight is 395 g/mol. The molecule has 0 aliphatic carbocycles. The molecule has 0 saturated heterocycles. The Morgan fingerprint density at radius 1 is 1.22 bits per heavy atom. The van der Waals surface area contributed by atoms with Crippen LogP contribution in [0.5, 0.6) is 0 Å². The topological polar surface area (TPSA) is 158 Å². The van der Waals surface area contributed by atoms with Gasteiger partial charge in [0, 0.05) is 0 Å². The first-order valence-electron chi connectivity index (χ1n) is 6.20. The fourth-order valence-corrected chi connectivity index (χ4v) is 3.52. The second-order valence-electron chi connectivity index (χ2n) is 4.41. The summed E-state index contributed by atoms with van der Waals surface area (Å²) in [6.45, 7) is 0. The van der Waals surface area contributed by atoms with E-state index in [-0.39, 0.29) is 10.3 Å². The van der Waals surface area contributed by atoms with Gasteiger partial charge in [0.15, 0.2) is 0 Å². The third-order valence-corrected chi connectivity index (χ3v) is 5.52. The van der Waals surface area contributed by atoms with Crippen LogP contribution in [0.25, 0.3) is 0 Å². The molecule has 1 aromatic rings. The van der Waals surface area contributed by atoms with Crippen LogP contribution in [0.1, 0.15) is 0 Å². The van der Waals surface area contributed by atoms with Gasteiger partial charge in [-0.2, -0.15) is 0 Å². The van der Waals surface area contributed by atoms with Gasteiger partial charge in [-0.05, 0) is 0 Å². The molecule has 10 nitrogen and oxygen atoms in total. The normalized spacial score (nSPS) is 20.3. The van der Waals surface area contributed by atoms with Gasteiger partial charge in [-0.1, -0.05) is 0 Å². The molecule has 1 aromatic carbocycles. The monoisotopic (exact) mass is 395 g/mol. The first-order valence-corrected chi connectivity index (χ1v) is 10.4. The minimum absolute atomic E-state index is 0.0171. The minimum atomic E-state index is -4.87. The van der Waals surface area contributed by atoms with Gasteiger partial charge in [0.25, 0.3) is 0 Å². The van der Waals surface area contributed by atoms with Crippen molar-refractivity contribution in [2.75, 3.05) is 0 Å². The zero-order chi connectivity index (χ0) is 16.4. The van der Waals surface area contributed by atoms with Crippen molar-refractivity contribution in [1.29, 1.82) is 0 Å². The molecule has 2 heterocycles. The Morgan fingerprint density at radius 2 is 1.96 bits per heavy atom. The Kier molecular flexibility index (Phi) is 4.26. The van der Waals surface area contributed by atoms with E-state index in [2.05, 4.69) is 29.6 Å². The number of hydrogen-bond donors (Lipinski definition) is 3. The Hall–Kier alpha value is -2.07. The van der Waals surface area contributed by atoms with Crippen molar-refractivity contribution >= 4 is 59.3 Å². The van der Waals surface area contributed by atoms with Gasteiger partial charge in [0.05, 0.1) is 0 Å². The number of aliphatic imine (C=N–C) groups is 4. The van der Waals surface area contributed by atoms with E-state index in [0.717, 1.165) is 11.9 Å². The Labute approximate surface area is 137 Å². The molecule has 0 saturated carbocycles. The van der Waals surface area contributed by atoms with Crippen molar-refractivity contribution in [3.8, 4) is 0 Å². The number of benzene rings is 1. The molecule has 0 spiro atoms. The molecule has 1 atom stereocenters. The quantitative estimate of drug-likeness (QED) is 0.358. The Balaban J connectivity index is 1.70. The molecule has 0 radical (unpaired) electrons. The zero-order valence-corrected chi connectivity index (χ0v) is 14.1. The predicted molar refractivity (Wildman–Crippen MR) is 87.8 cm³/mol. The molecule has 12 heteroatoms. The van der Waals surface area contributed by atoms with Crippen LogP contribution in [0.15, 0.2) is 53.9 Å². The Bertz CT molecular complexity index is 825. The van der Waals surface area contributed by atoms with Gasteiger partial charge in [0.2, 0.25) is 0 Å². The van der Waals surface area contributed by atoms with Crippen LogP contribution >= 0.6 is 11.9 Å². The number of amidine groups is 1. The van der Waals surface area contributed by atoms with Crippen LogP contribution in [0.3, 0.4) is 0 Å². The van der Waals surface area contributed by atoms with E-state index in [9.17, 15) is 3.74 Å². The number of fused-ring (bicyclic) bond motifs is 1. The number of hydrogen-bond acceptors (Lipinski definition) is 9. The summed E-state index contributed by atoms with van der Waals surface area (Å²) >= 11 is -3.89. The van der Waals surface area contributed by atoms with Gasteiger partial charge < -0.3 is 0 Å².